The van der Waals surface area contributed by atoms with Crippen molar-refractivity contribution in [1.29, 1.82) is 0 Å². The van der Waals surface area contributed by atoms with Crippen molar-refractivity contribution in [3.63, 3.8) is 0 Å². The average molecular weight is 367 g/mol. The zero-order valence-electron chi connectivity index (χ0n) is 16.3. The van der Waals surface area contributed by atoms with E-state index in [1.165, 1.54) is 29.7 Å². The molecule has 2 heterocycles. The number of aromatic nitrogens is 2. The van der Waals surface area contributed by atoms with Gasteiger partial charge >= 0.3 is 0 Å². The topological polar surface area (TPSA) is 50.2 Å². The van der Waals surface area contributed by atoms with E-state index >= 15 is 0 Å². The van der Waals surface area contributed by atoms with Crippen molar-refractivity contribution in [3.8, 4) is 0 Å². The van der Waals surface area contributed by atoms with Crippen LogP contribution in [0.15, 0.2) is 30.3 Å². The summed E-state index contributed by atoms with van der Waals surface area (Å²) in [5, 5.41) is 7.77. The van der Waals surface area contributed by atoms with Gasteiger partial charge in [-0.05, 0) is 36.5 Å². The van der Waals surface area contributed by atoms with Gasteiger partial charge in [-0.3, -0.25) is 14.4 Å². The normalized spacial score (nSPS) is 17.8. The highest BCUT2D eigenvalue weighted by molar-refractivity contribution is 5.78. The molecule has 1 aromatic heterocycles. The summed E-state index contributed by atoms with van der Waals surface area (Å²) in [5.41, 5.74) is 4.98. The Kier molecular flexibility index (Phi) is 5.58. The number of carbonyl (C=O) groups excluding carboxylic acids is 1. The largest absolute Gasteiger partial charge is 0.350 e. The quantitative estimate of drug-likeness (QED) is 0.854. The van der Waals surface area contributed by atoms with Crippen molar-refractivity contribution in [3.05, 3.63) is 52.8 Å². The van der Waals surface area contributed by atoms with E-state index in [1.807, 2.05) is 0 Å². The van der Waals surface area contributed by atoms with Gasteiger partial charge in [-0.1, -0.05) is 44.0 Å². The van der Waals surface area contributed by atoms with Crippen LogP contribution in [-0.2, 0) is 37.4 Å². The van der Waals surface area contributed by atoms with Crippen molar-refractivity contribution < 1.29 is 4.79 Å². The van der Waals surface area contributed by atoms with Crippen LogP contribution in [0.2, 0.25) is 0 Å². The molecule has 5 heteroatoms. The van der Waals surface area contributed by atoms with Gasteiger partial charge < -0.3 is 5.32 Å². The van der Waals surface area contributed by atoms with Gasteiger partial charge in [0.1, 0.15) is 0 Å². The summed E-state index contributed by atoms with van der Waals surface area (Å²) in [5.74, 6) is 0.424. The van der Waals surface area contributed by atoms with Crippen molar-refractivity contribution >= 4 is 5.91 Å². The smallest absolute Gasteiger partial charge is 0.223 e. The Morgan fingerprint density at radius 1 is 1.15 bits per heavy atom. The lowest BCUT2D eigenvalue weighted by atomic mass is 10.1. The number of hydrogen-bond donors (Lipinski definition) is 1. The summed E-state index contributed by atoms with van der Waals surface area (Å²) < 4.78 is 2.10. The van der Waals surface area contributed by atoms with E-state index < -0.39 is 0 Å². The number of amides is 1. The molecule has 1 fully saturated rings. The lowest BCUT2D eigenvalue weighted by molar-refractivity contribution is -0.124. The van der Waals surface area contributed by atoms with Crippen LogP contribution < -0.4 is 5.32 Å². The first-order chi connectivity index (χ1) is 13.2. The third-order valence-electron chi connectivity index (χ3n) is 5.93. The van der Waals surface area contributed by atoms with Gasteiger partial charge in [0.2, 0.25) is 5.91 Å². The van der Waals surface area contributed by atoms with E-state index in [1.54, 1.807) is 0 Å². The van der Waals surface area contributed by atoms with Gasteiger partial charge in [-0.2, -0.15) is 5.10 Å². The minimum Gasteiger partial charge on any atom is -0.350 e. The van der Waals surface area contributed by atoms with Crippen LogP contribution in [0, 0.1) is 5.92 Å². The zero-order valence-corrected chi connectivity index (χ0v) is 16.3. The Morgan fingerprint density at radius 2 is 1.89 bits per heavy atom. The fourth-order valence-corrected chi connectivity index (χ4v) is 4.25. The second-order valence-corrected chi connectivity index (χ2v) is 7.93. The van der Waals surface area contributed by atoms with E-state index in [2.05, 4.69) is 57.3 Å². The summed E-state index contributed by atoms with van der Waals surface area (Å²) in [6.45, 7) is 6.56. The van der Waals surface area contributed by atoms with Gasteiger partial charge in [0.15, 0.2) is 0 Å². The molecule has 1 N–H and O–H groups in total. The van der Waals surface area contributed by atoms with Gasteiger partial charge in [-0.15, -0.1) is 0 Å². The van der Waals surface area contributed by atoms with Crippen molar-refractivity contribution in [2.24, 2.45) is 5.92 Å². The molecule has 0 spiro atoms. The summed E-state index contributed by atoms with van der Waals surface area (Å²) in [4.78, 5) is 14.7. The molecule has 1 saturated carbocycles. The molecule has 4 rings (SSSR count). The van der Waals surface area contributed by atoms with Crippen molar-refractivity contribution in [2.75, 3.05) is 6.54 Å². The lowest BCUT2D eigenvalue weighted by Gasteiger charge is -2.27. The molecule has 144 valence electrons. The SMILES string of the molecule is CCc1ccc(CN2CCn3nc(CNC(=O)C4CCCC4)cc3C2)cc1. The van der Waals surface area contributed by atoms with Gasteiger partial charge in [0, 0.05) is 25.6 Å². The number of carbonyl (C=O) groups is 1. The molecule has 0 bridgehead atoms. The van der Waals surface area contributed by atoms with Crippen molar-refractivity contribution in [2.45, 2.75) is 65.2 Å². The Morgan fingerprint density at radius 3 is 2.63 bits per heavy atom. The predicted octanol–water partition coefficient (Wildman–Crippen LogP) is 3.27. The number of hydrogen-bond acceptors (Lipinski definition) is 3. The fraction of sp³-hybridized carbons (Fsp3) is 0.545. The van der Waals surface area contributed by atoms with Crippen LogP contribution in [0.4, 0.5) is 0 Å². The van der Waals surface area contributed by atoms with E-state index in [-0.39, 0.29) is 11.8 Å². The number of nitrogens with zero attached hydrogens (tertiary/aromatic N) is 3. The molecule has 27 heavy (non-hydrogen) atoms. The monoisotopic (exact) mass is 366 g/mol. The fourth-order valence-electron chi connectivity index (χ4n) is 4.25. The van der Waals surface area contributed by atoms with Crippen LogP contribution >= 0.6 is 0 Å². The highest BCUT2D eigenvalue weighted by Gasteiger charge is 2.23. The highest BCUT2D eigenvalue weighted by Crippen LogP contribution is 2.24. The molecule has 2 aliphatic rings. The van der Waals surface area contributed by atoms with Crippen molar-refractivity contribution in [1.82, 2.24) is 20.0 Å². The van der Waals surface area contributed by atoms with Gasteiger partial charge in [0.05, 0.1) is 24.5 Å². The molecule has 2 aromatic rings. The molecule has 1 aliphatic heterocycles. The van der Waals surface area contributed by atoms with Crippen LogP contribution in [-0.4, -0.2) is 27.1 Å². The summed E-state index contributed by atoms with van der Waals surface area (Å²) in [7, 11) is 0. The molecule has 0 atom stereocenters. The minimum atomic E-state index is 0.204. The maximum absolute atomic E-state index is 12.2. The molecule has 0 radical (unpaired) electrons. The maximum atomic E-state index is 12.2. The molecular formula is C22H30N4O. The first-order valence-electron chi connectivity index (χ1n) is 10.3. The Labute approximate surface area is 161 Å². The molecule has 1 aliphatic carbocycles. The summed E-state index contributed by atoms with van der Waals surface area (Å²) in [6, 6.07) is 11.1. The van der Waals surface area contributed by atoms with Gasteiger partial charge in [0.25, 0.3) is 0 Å². The molecule has 1 amide bonds. The molecule has 5 nitrogen and oxygen atoms in total. The van der Waals surface area contributed by atoms with E-state index in [4.69, 9.17) is 0 Å². The first-order valence-corrected chi connectivity index (χ1v) is 10.3. The Hall–Kier alpha value is -2.14. The molecular weight excluding hydrogens is 336 g/mol. The number of nitrogens with one attached hydrogen (secondary N) is 1. The van der Waals surface area contributed by atoms with Gasteiger partial charge in [-0.25, -0.2) is 0 Å². The third-order valence-corrected chi connectivity index (χ3v) is 5.93. The molecule has 0 saturated heterocycles. The number of benzene rings is 1. The number of rotatable bonds is 6. The highest BCUT2D eigenvalue weighted by atomic mass is 16.1. The van der Waals surface area contributed by atoms with E-state index in [0.29, 0.717) is 6.54 Å². The zero-order chi connectivity index (χ0) is 18.6. The number of fused-ring (bicyclic) bond motifs is 1. The first kappa shape index (κ1) is 18.2. The minimum absolute atomic E-state index is 0.204. The maximum Gasteiger partial charge on any atom is 0.223 e. The van der Waals surface area contributed by atoms with E-state index in [9.17, 15) is 4.79 Å². The second-order valence-electron chi connectivity index (χ2n) is 7.93. The Bertz CT molecular complexity index is 774. The van der Waals surface area contributed by atoms with E-state index in [0.717, 1.165) is 51.1 Å². The average Bonchev–Trinajstić information content (AvgIpc) is 3.36. The summed E-state index contributed by atoms with van der Waals surface area (Å²) >= 11 is 0. The molecule has 0 unspecified atom stereocenters. The number of aryl methyl sites for hydroxylation is 1. The summed E-state index contributed by atoms with van der Waals surface area (Å²) in [6.07, 6.45) is 5.55. The second kappa shape index (κ2) is 8.26. The van der Waals surface area contributed by atoms with Crippen LogP contribution in [0.3, 0.4) is 0 Å². The lowest BCUT2D eigenvalue weighted by Crippen LogP contribution is -2.33. The van der Waals surface area contributed by atoms with Crippen LogP contribution in [0.5, 0.6) is 0 Å². The third kappa shape index (κ3) is 4.41. The predicted molar refractivity (Wildman–Crippen MR) is 106 cm³/mol. The molecule has 1 aromatic carbocycles. The standard InChI is InChI=1S/C22H30N4O/c1-2-17-7-9-18(10-8-17)15-25-11-12-26-21(16-25)13-20(24-26)14-23-22(27)19-5-3-4-6-19/h7-10,13,19H,2-6,11-12,14-16H2,1H3,(H,23,27). The Balaban J connectivity index is 1.32. The van der Waals surface area contributed by atoms with Crippen LogP contribution in [0.25, 0.3) is 0 Å². The van der Waals surface area contributed by atoms with Crippen LogP contribution in [0.1, 0.15) is 55.1 Å².